The van der Waals surface area contributed by atoms with Gasteiger partial charge in [0.2, 0.25) is 10.0 Å². The third-order valence-corrected chi connectivity index (χ3v) is 5.97. The van der Waals surface area contributed by atoms with Gasteiger partial charge in [0.15, 0.2) is 0 Å². The predicted molar refractivity (Wildman–Crippen MR) is 78.0 cm³/mol. The molecule has 7 heteroatoms. The molecule has 2 atom stereocenters. The summed E-state index contributed by atoms with van der Waals surface area (Å²) in [6.07, 6.45) is 3.72. The summed E-state index contributed by atoms with van der Waals surface area (Å²) in [5.41, 5.74) is 5.66. The zero-order chi connectivity index (χ0) is 13.2. The SMILES string of the molecule is CC1(CN)CCN(S(=O)(=O)CC2CCCCO2)C1.Cl. The van der Waals surface area contributed by atoms with Crippen LogP contribution in [0.25, 0.3) is 0 Å². The van der Waals surface area contributed by atoms with E-state index in [1.54, 1.807) is 4.31 Å². The number of nitrogens with two attached hydrogens (primary N) is 1. The lowest BCUT2D eigenvalue weighted by molar-refractivity contribution is 0.0299. The molecule has 2 rings (SSSR count). The number of nitrogens with zero attached hydrogens (tertiary/aromatic N) is 1. The number of ether oxygens (including phenoxy) is 1. The second-order valence-corrected chi connectivity index (χ2v) is 7.88. The molecule has 19 heavy (non-hydrogen) atoms. The average Bonchev–Trinajstić information content (AvgIpc) is 2.74. The van der Waals surface area contributed by atoms with Crippen LogP contribution >= 0.6 is 12.4 Å². The molecule has 5 nitrogen and oxygen atoms in total. The van der Waals surface area contributed by atoms with Gasteiger partial charge in [-0.2, -0.15) is 0 Å². The van der Waals surface area contributed by atoms with E-state index in [-0.39, 0.29) is 29.7 Å². The van der Waals surface area contributed by atoms with Crippen LogP contribution in [0.2, 0.25) is 0 Å². The van der Waals surface area contributed by atoms with E-state index in [0.717, 1.165) is 25.7 Å². The maximum Gasteiger partial charge on any atom is 0.216 e. The zero-order valence-electron chi connectivity index (χ0n) is 11.5. The molecule has 2 aliphatic heterocycles. The van der Waals surface area contributed by atoms with Crippen molar-refractivity contribution in [1.29, 1.82) is 0 Å². The Kier molecular flexibility index (Phi) is 6.07. The summed E-state index contributed by atoms with van der Waals surface area (Å²) in [4.78, 5) is 0. The average molecular weight is 313 g/mol. The number of hydrogen-bond donors (Lipinski definition) is 1. The fourth-order valence-corrected chi connectivity index (χ4v) is 4.48. The lowest BCUT2D eigenvalue weighted by Crippen LogP contribution is -2.39. The van der Waals surface area contributed by atoms with E-state index in [0.29, 0.717) is 26.2 Å². The Bertz CT molecular complexity index is 384. The molecule has 2 unspecified atom stereocenters. The summed E-state index contributed by atoms with van der Waals surface area (Å²) >= 11 is 0. The molecule has 0 aliphatic carbocycles. The van der Waals surface area contributed by atoms with Crippen LogP contribution in [0.1, 0.15) is 32.6 Å². The van der Waals surface area contributed by atoms with Crippen molar-refractivity contribution in [3.63, 3.8) is 0 Å². The van der Waals surface area contributed by atoms with E-state index in [1.165, 1.54) is 0 Å². The van der Waals surface area contributed by atoms with Crippen LogP contribution in [0, 0.1) is 5.41 Å². The van der Waals surface area contributed by atoms with Gasteiger partial charge in [-0.15, -0.1) is 12.4 Å². The van der Waals surface area contributed by atoms with Crippen molar-refractivity contribution < 1.29 is 13.2 Å². The highest BCUT2D eigenvalue weighted by Gasteiger charge is 2.39. The third kappa shape index (κ3) is 4.29. The van der Waals surface area contributed by atoms with Crippen LogP contribution in [0.15, 0.2) is 0 Å². The minimum Gasteiger partial charge on any atom is -0.377 e. The van der Waals surface area contributed by atoms with Gasteiger partial charge in [-0.3, -0.25) is 0 Å². The number of hydrogen-bond acceptors (Lipinski definition) is 4. The summed E-state index contributed by atoms with van der Waals surface area (Å²) in [6.45, 7) is 4.45. The Morgan fingerprint density at radius 1 is 1.42 bits per heavy atom. The molecular weight excluding hydrogens is 288 g/mol. The van der Waals surface area contributed by atoms with Gasteiger partial charge in [0.05, 0.1) is 11.9 Å². The smallest absolute Gasteiger partial charge is 0.216 e. The Labute approximate surface area is 122 Å². The van der Waals surface area contributed by atoms with Gasteiger partial charge < -0.3 is 10.5 Å². The second kappa shape index (κ2) is 6.72. The highest BCUT2D eigenvalue weighted by atomic mass is 35.5. The molecule has 0 aromatic carbocycles. The molecule has 0 aromatic heterocycles. The van der Waals surface area contributed by atoms with E-state index < -0.39 is 10.0 Å². The molecule has 0 amide bonds. The van der Waals surface area contributed by atoms with Crippen LogP contribution in [0.4, 0.5) is 0 Å². The van der Waals surface area contributed by atoms with Crippen LogP contribution in [-0.2, 0) is 14.8 Å². The molecule has 2 aliphatic rings. The lowest BCUT2D eigenvalue weighted by atomic mass is 9.90. The van der Waals surface area contributed by atoms with Crippen LogP contribution < -0.4 is 5.73 Å². The van der Waals surface area contributed by atoms with Gasteiger partial charge in [-0.25, -0.2) is 12.7 Å². The topological polar surface area (TPSA) is 72.6 Å². The fourth-order valence-electron chi connectivity index (χ4n) is 2.66. The Hall–Kier alpha value is 0.120. The highest BCUT2D eigenvalue weighted by molar-refractivity contribution is 7.89. The van der Waals surface area contributed by atoms with E-state index in [4.69, 9.17) is 10.5 Å². The molecule has 0 radical (unpaired) electrons. The molecule has 0 bridgehead atoms. The summed E-state index contributed by atoms with van der Waals surface area (Å²) in [5.74, 6) is 0.133. The van der Waals surface area contributed by atoms with Gasteiger partial charge in [-0.1, -0.05) is 6.92 Å². The molecule has 0 saturated carbocycles. The predicted octanol–water partition coefficient (Wildman–Crippen LogP) is 0.978. The number of halogens is 1. The highest BCUT2D eigenvalue weighted by Crippen LogP contribution is 2.31. The summed E-state index contributed by atoms with van der Waals surface area (Å²) in [7, 11) is -3.19. The van der Waals surface area contributed by atoms with Crippen molar-refractivity contribution in [1.82, 2.24) is 4.31 Å². The normalized spacial score (nSPS) is 33.1. The minimum atomic E-state index is -3.19. The maximum absolute atomic E-state index is 12.3. The van der Waals surface area contributed by atoms with Crippen molar-refractivity contribution in [3.05, 3.63) is 0 Å². The van der Waals surface area contributed by atoms with Crippen molar-refractivity contribution in [2.24, 2.45) is 11.1 Å². The van der Waals surface area contributed by atoms with Crippen LogP contribution in [0.5, 0.6) is 0 Å². The molecule has 0 aromatic rings. The van der Waals surface area contributed by atoms with Crippen molar-refractivity contribution in [2.75, 3.05) is 32.0 Å². The molecule has 0 spiro atoms. The summed E-state index contributed by atoms with van der Waals surface area (Å²) in [5, 5.41) is 0. The standard InChI is InChI=1S/C12H24N2O3S.ClH/c1-12(9-13)5-6-14(10-12)18(15,16)8-11-4-2-3-7-17-11;/h11H,2-10,13H2,1H3;1H. The van der Waals surface area contributed by atoms with Crippen molar-refractivity contribution in [3.8, 4) is 0 Å². The second-order valence-electron chi connectivity index (χ2n) is 5.87. The van der Waals surface area contributed by atoms with Gasteiger partial charge in [0.1, 0.15) is 0 Å². The first-order chi connectivity index (χ1) is 8.45. The third-order valence-electron chi connectivity index (χ3n) is 4.08. The van der Waals surface area contributed by atoms with E-state index in [1.807, 2.05) is 0 Å². The first-order valence-electron chi connectivity index (χ1n) is 6.75. The quantitative estimate of drug-likeness (QED) is 0.840. The number of rotatable bonds is 4. The molecule has 2 N–H and O–H groups in total. The van der Waals surface area contributed by atoms with Crippen molar-refractivity contribution >= 4 is 22.4 Å². The Balaban J connectivity index is 0.00000180. The number of sulfonamides is 1. The summed E-state index contributed by atoms with van der Waals surface area (Å²) in [6, 6.07) is 0. The van der Waals surface area contributed by atoms with Gasteiger partial charge in [0, 0.05) is 19.7 Å². The Morgan fingerprint density at radius 2 is 2.16 bits per heavy atom. The largest absolute Gasteiger partial charge is 0.377 e. The first kappa shape index (κ1) is 17.2. The van der Waals surface area contributed by atoms with Gasteiger partial charge >= 0.3 is 0 Å². The molecule has 114 valence electrons. The fraction of sp³-hybridized carbons (Fsp3) is 1.00. The Morgan fingerprint density at radius 3 is 2.68 bits per heavy atom. The van der Waals surface area contributed by atoms with Crippen molar-refractivity contribution in [2.45, 2.75) is 38.7 Å². The van der Waals surface area contributed by atoms with E-state index in [2.05, 4.69) is 6.92 Å². The van der Waals surface area contributed by atoms with Crippen LogP contribution in [-0.4, -0.2) is 50.8 Å². The van der Waals surface area contributed by atoms with Gasteiger partial charge in [-0.05, 0) is 37.6 Å². The van der Waals surface area contributed by atoms with E-state index >= 15 is 0 Å². The van der Waals surface area contributed by atoms with Crippen LogP contribution in [0.3, 0.4) is 0 Å². The van der Waals surface area contributed by atoms with E-state index in [9.17, 15) is 8.42 Å². The summed E-state index contributed by atoms with van der Waals surface area (Å²) < 4.78 is 31.7. The molecule has 2 saturated heterocycles. The first-order valence-corrected chi connectivity index (χ1v) is 8.36. The monoisotopic (exact) mass is 312 g/mol. The molecule has 2 fully saturated rings. The zero-order valence-corrected chi connectivity index (χ0v) is 13.1. The van der Waals surface area contributed by atoms with Gasteiger partial charge in [0.25, 0.3) is 0 Å². The minimum absolute atomic E-state index is 0. The lowest BCUT2D eigenvalue weighted by Gasteiger charge is -2.26. The maximum atomic E-state index is 12.3. The molecular formula is C12H25ClN2O3S. The molecule has 2 heterocycles.